The van der Waals surface area contributed by atoms with Gasteiger partial charge in [0.05, 0.1) is 12.7 Å². The molecule has 2 rings (SSSR count). The number of rotatable bonds is 3. The van der Waals surface area contributed by atoms with E-state index in [0.29, 0.717) is 0 Å². The average molecular weight is 222 g/mol. The van der Waals surface area contributed by atoms with Gasteiger partial charge < -0.3 is 14.9 Å². The number of aliphatic hydroxyl groups excluding tert-OH is 2. The van der Waals surface area contributed by atoms with Crippen LogP contribution < -0.4 is 4.74 Å². The molecule has 3 nitrogen and oxygen atoms in total. The summed E-state index contributed by atoms with van der Waals surface area (Å²) in [6, 6.07) is 5.71. The third-order valence-electron chi connectivity index (χ3n) is 3.15. The molecule has 1 fully saturated rings. The Balaban J connectivity index is 2.19. The molecule has 0 aliphatic heterocycles. The van der Waals surface area contributed by atoms with Gasteiger partial charge in [-0.1, -0.05) is 18.2 Å². The maximum Gasteiger partial charge on any atom is 0.128 e. The number of benzene rings is 1. The lowest BCUT2D eigenvalue weighted by molar-refractivity contribution is 0.0584. The van der Waals surface area contributed by atoms with Crippen molar-refractivity contribution in [2.75, 3.05) is 0 Å². The van der Waals surface area contributed by atoms with Gasteiger partial charge in [-0.25, -0.2) is 0 Å². The Morgan fingerprint density at radius 2 is 2.19 bits per heavy atom. The Morgan fingerprint density at radius 1 is 1.38 bits per heavy atom. The second-order valence-corrected chi connectivity index (χ2v) is 4.38. The van der Waals surface area contributed by atoms with Gasteiger partial charge in [0.1, 0.15) is 11.9 Å². The van der Waals surface area contributed by atoms with Crippen LogP contribution in [0.25, 0.3) is 0 Å². The monoisotopic (exact) mass is 222 g/mol. The van der Waals surface area contributed by atoms with E-state index in [1.54, 1.807) is 0 Å². The minimum Gasteiger partial charge on any atom is -0.487 e. The van der Waals surface area contributed by atoms with Crippen molar-refractivity contribution in [1.82, 2.24) is 0 Å². The fourth-order valence-corrected chi connectivity index (χ4v) is 2.20. The van der Waals surface area contributed by atoms with Crippen molar-refractivity contribution in [3.8, 4) is 5.75 Å². The second-order valence-electron chi connectivity index (χ2n) is 4.38. The number of hydrogen-bond donors (Lipinski definition) is 2. The van der Waals surface area contributed by atoms with Crippen LogP contribution in [0.3, 0.4) is 0 Å². The van der Waals surface area contributed by atoms with Crippen LogP contribution in [0.2, 0.25) is 0 Å². The van der Waals surface area contributed by atoms with Gasteiger partial charge in [-0.05, 0) is 31.7 Å². The maximum absolute atomic E-state index is 9.72. The quantitative estimate of drug-likeness (QED) is 0.819. The van der Waals surface area contributed by atoms with Gasteiger partial charge in [0, 0.05) is 5.56 Å². The van der Waals surface area contributed by atoms with Crippen molar-refractivity contribution in [2.24, 2.45) is 0 Å². The molecule has 2 atom stereocenters. The van der Waals surface area contributed by atoms with Crippen molar-refractivity contribution in [2.45, 2.75) is 45.0 Å². The van der Waals surface area contributed by atoms with E-state index in [1.807, 2.05) is 25.1 Å². The second kappa shape index (κ2) is 4.85. The summed E-state index contributed by atoms with van der Waals surface area (Å²) in [6.45, 7) is 1.93. The van der Waals surface area contributed by atoms with Crippen LogP contribution in [0.5, 0.6) is 5.75 Å². The van der Waals surface area contributed by atoms with Crippen LogP contribution in [-0.2, 0) is 6.61 Å². The Hall–Kier alpha value is -1.06. The van der Waals surface area contributed by atoms with E-state index < -0.39 is 0 Å². The standard InChI is InChI=1S/C13H18O3/c1-9-4-2-5-10(8-14)13(9)16-12-7-3-6-11(12)15/h2,4-5,11-12,14-15H,3,6-8H2,1H3. The van der Waals surface area contributed by atoms with Crippen LogP contribution in [0.4, 0.5) is 0 Å². The van der Waals surface area contributed by atoms with E-state index in [9.17, 15) is 10.2 Å². The molecule has 1 aromatic carbocycles. The zero-order valence-corrected chi connectivity index (χ0v) is 9.52. The van der Waals surface area contributed by atoms with Gasteiger partial charge >= 0.3 is 0 Å². The smallest absolute Gasteiger partial charge is 0.128 e. The predicted molar refractivity (Wildman–Crippen MR) is 61.4 cm³/mol. The molecule has 1 aliphatic rings. The summed E-state index contributed by atoms with van der Waals surface area (Å²) in [5.41, 5.74) is 1.80. The molecule has 1 aliphatic carbocycles. The van der Waals surface area contributed by atoms with E-state index in [2.05, 4.69) is 0 Å². The van der Waals surface area contributed by atoms with E-state index in [1.165, 1.54) is 0 Å². The summed E-state index contributed by atoms with van der Waals surface area (Å²) in [4.78, 5) is 0. The molecule has 1 saturated carbocycles. The van der Waals surface area contributed by atoms with Gasteiger partial charge in [-0.2, -0.15) is 0 Å². The predicted octanol–water partition coefficient (Wildman–Crippen LogP) is 1.78. The van der Waals surface area contributed by atoms with E-state index in [-0.39, 0.29) is 18.8 Å². The highest BCUT2D eigenvalue weighted by Gasteiger charge is 2.27. The first-order chi connectivity index (χ1) is 7.72. The molecule has 2 N–H and O–H groups in total. The molecule has 3 heteroatoms. The highest BCUT2D eigenvalue weighted by atomic mass is 16.5. The van der Waals surface area contributed by atoms with E-state index in [0.717, 1.165) is 36.1 Å². The topological polar surface area (TPSA) is 49.7 Å². The molecule has 2 unspecified atom stereocenters. The highest BCUT2D eigenvalue weighted by Crippen LogP contribution is 2.29. The van der Waals surface area contributed by atoms with Gasteiger partial charge in [0.25, 0.3) is 0 Å². The number of aliphatic hydroxyl groups is 2. The maximum atomic E-state index is 9.72. The zero-order chi connectivity index (χ0) is 11.5. The Kier molecular flexibility index (Phi) is 3.46. The summed E-state index contributed by atoms with van der Waals surface area (Å²) in [6.07, 6.45) is 2.22. The molecule has 0 spiro atoms. The summed E-state index contributed by atoms with van der Waals surface area (Å²) in [7, 11) is 0. The first-order valence-electron chi connectivity index (χ1n) is 5.76. The van der Waals surface area contributed by atoms with E-state index >= 15 is 0 Å². The SMILES string of the molecule is Cc1cccc(CO)c1OC1CCCC1O. The first-order valence-corrected chi connectivity index (χ1v) is 5.76. The average Bonchev–Trinajstić information content (AvgIpc) is 2.67. The number of para-hydroxylation sites is 1. The van der Waals surface area contributed by atoms with Crippen LogP contribution in [-0.4, -0.2) is 22.4 Å². The molecule has 1 aromatic rings. The van der Waals surface area contributed by atoms with Crippen molar-refractivity contribution in [3.05, 3.63) is 29.3 Å². The molecule has 0 amide bonds. The normalized spacial score (nSPS) is 24.7. The lowest BCUT2D eigenvalue weighted by Gasteiger charge is -2.20. The Bertz CT molecular complexity index is 362. The number of hydrogen-bond acceptors (Lipinski definition) is 3. The number of ether oxygens (including phenoxy) is 1. The van der Waals surface area contributed by atoms with E-state index in [4.69, 9.17) is 4.74 Å². The highest BCUT2D eigenvalue weighted by molar-refractivity contribution is 5.40. The van der Waals surface area contributed by atoms with Gasteiger partial charge in [0.15, 0.2) is 0 Å². The van der Waals surface area contributed by atoms with Crippen LogP contribution in [0, 0.1) is 6.92 Å². The fourth-order valence-electron chi connectivity index (χ4n) is 2.20. The van der Waals surface area contributed by atoms with Crippen molar-refractivity contribution in [3.63, 3.8) is 0 Å². The molecule has 0 saturated heterocycles. The van der Waals surface area contributed by atoms with Crippen molar-refractivity contribution >= 4 is 0 Å². The van der Waals surface area contributed by atoms with Crippen LogP contribution in [0.15, 0.2) is 18.2 Å². The van der Waals surface area contributed by atoms with Gasteiger partial charge in [-0.3, -0.25) is 0 Å². The summed E-state index contributed by atoms with van der Waals surface area (Å²) in [5.74, 6) is 0.732. The minimum atomic E-state index is -0.369. The third-order valence-corrected chi connectivity index (χ3v) is 3.15. The van der Waals surface area contributed by atoms with Crippen LogP contribution >= 0.6 is 0 Å². The van der Waals surface area contributed by atoms with Gasteiger partial charge in [-0.15, -0.1) is 0 Å². The van der Waals surface area contributed by atoms with Crippen molar-refractivity contribution < 1.29 is 14.9 Å². The molecule has 0 aromatic heterocycles. The lowest BCUT2D eigenvalue weighted by atomic mass is 10.1. The molecule has 0 radical (unpaired) electrons. The first kappa shape index (κ1) is 11.4. The van der Waals surface area contributed by atoms with Crippen LogP contribution in [0.1, 0.15) is 30.4 Å². The summed E-state index contributed by atoms with van der Waals surface area (Å²) < 4.78 is 5.83. The fraction of sp³-hybridized carbons (Fsp3) is 0.538. The summed E-state index contributed by atoms with van der Waals surface area (Å²) >= 11 is 0. The Labute approximate surface area is 95.7 Å². The molecule has 0 bridgehead atoms. The lowest BCUT2D eigenvalue weighted by Crippen LogP contribution is -2.26. The molecule has 16 heavy (non-hydrogen) atoms. The number of aryl methyl sites for hydroxylation is 1. The zero-order valence-electron chi connectivity index (χ0n) is 9.52. The van der Waals surface area contributed by atoms with Crippen molar-refractivity contribution in [1.29, 1.82) is 0 Å². The largest absolute Gasteiger partial charge is 0.487 e. The molecular formula is C13H18O3. The summed E-state index contributed by atoms with van der Waals surface area (Å²) in [5, 5.41) is 19.0. The van der Waals surface area contributed by atoms with Gasteiger partial charge in [0.2, 0.25) is 0 Å². The molecule has 0 heterocycles. The molecular weight excluding hydrogens is 204 g/mol. The third kappa shape index (κ3) is 2.20. The molecule has 88 valence electrons. The Morgan fingerprint density at radius 3 is 2.81 bits per heavy atom. The minimum absolute atomic E-state index is 0.0279.